The van der Waals surface area contributed by atoms with Crippen molar-refractivity contribution >= 4 is 22.9 Å². The second kappa shape index (κ2) is 4.98. The topological polar surface area (TPSA) is 49.5 Å². The van der Waals surface area contributed by atoms with Crippen LogP contribution in [0.1, 0.15) is 19.4 Å². The zero-order chi connectivity index (χ0) is 13.2. The van der Waals surface area contributed by atoms with Crippen LogP contribution in [-0.4, -0.2) is 29.3 Å². The molecule has 0 spiro atoms. The maximum Gasteiger partial charge on any atom is 0.135 e. The van der Waals surface area contributed by atoms with Gasteiger partial charge in [-0.25, -0.2) is 4.39 Å². The number of benzene rings is 1. The molecule has 1 aromatic carbocycles. The van der Waals surface area contributed by atoms with E-state index in [0.717, 1.165) is 0 Å². The van der Waals surface area contributed by atoms with Crippen LogP contribution in [0.25, 0.3) is 0 Å². The molecule has 0 aliphatic carbocycles. The van der Waals surface area contributed by atoms with Crippen LogP contribution in [-0.2, 0) is 0 Å². The highest BCUT2D eigenvalue weighted by Crippen LogP contribution is 2.23. The predicted octanol–water partition coefficient (Wildman–Crippen LogP) is 1.67. The van der Waals surface area contributed by atoms with Gasteiger partial charge in [0.1, 0.15) is 10.8 Å². The summed E-state index contributed by atoms with van der Waals surface area (Å²) >= 11 is 4.85. The first-order valence-corrected chi connectivity index (χ1v) is 5.65. The van der Waals surface area contributed by atoms with E-state index in [1.54, 1.807) is 37.9 Å². The minimum absolute atomic E-state index is 0.0145. The van der Waals surface area contributed by atoms with E-state index in [2.05, 4.69) is 0 Å². The Balaban J connectivity index is 3.13. The maximum atomic E-state index is 13.6. The van der Waals surface area contributed by atoms with Crippen LogP contribution in [0.4, 0.5) is 10.1 Å². The van der Waals surface area contributed by atoms with Gasteiger partial charge >= 0.3 is 0 Å². The Kier molecular flexibility index (Phi) is 4.06. The molecule has 17 heavy (non-hydrogen) atoms. The van der Waals surface area contributed by atoms with Crippen molar-refractivity contribution in [3.63, 3.8) is 0 Å². The molecule has 1 rings (SSSR count). The molecule has 0 saturated carbocycles. The number of rotatable bonds is 4. The van der Waals surface area contributed by atoms with Crippen molar-refractivity contribution in [1.29, 1.82) is 0 Å². The molecule has 5 heteroatoms. The average Bonchev–Trinajstić information content (AvgIpc) is 2.13. The fraction of sp³-hybridized carbons (Fsp3) is 0.417. The van der Waals surface area contributed by atoms with Crippen LogP contribution in [0.2, 0.25) is 0 Å². The summed E-state index contributed by atoms with van der Waals surface area (Å²) in [5.41, 5.74) is 5.44. The van der Waals surface area contributed by atoms with Gasteiger partial charge in [-0.1, -0.05) is 18.3 Å². The minimum Gasteiger partial charge on any atom is -0.389 e. The first-order valence-electron chi connectivity index (χ1n) is 5.24. The summed E-state index contributed by atoms with van der Waals surface area (Å²) in [6.45, 7) is 3.72. The molecular formula is C12H17FN2OS. The number of thiocarbonyl (C=S) groups is 1. The molecule has 0 aliphatic heterocycles. The highest BCUT2D eigenvalue weighted by Gasteiger charge is 2.20. The molecule has 0 bridgehead atoms. The van der Waals surface area contributed by atoms with Gasteiger partial charge in [0.15, 0.2) is 0 Å². The molecule has 0 atom stereocenters. The summed E-state index contributed by atoms with van der Waals surface area (Å²) in [5.74, 6) is -0.447. The molecule has 0 unspecified atom stereocenters. The van der Waals surface area contributed by atoms with E-state index in [4.69, 9.17) is 18.0 Å². The number of halogens is 1. The Morgan fingerprint density at radius 2 is 2.12 bits per heavy atom. The molecule has 3 nitrogen and oxygen atoms in total. The number of aliphatic hydroxyl groups is 1. The Morgan fingerprint density at radius 3 is 2.59 bits per heavy atom. The smallest absolute Gasteiger partial charge is 0.135 e. The van der Waals surface area contributed by atoms with Gasteiger partial charge in [-0.05, 0) is 26.0 Å². The maximum absolute atomic E-state index is 13.6. The van der Waals surface area contributed by atoms with Gasteiger partial charge in [0.25, 0.3) is 0 Å². The Bertz CT molecular complexity index is 429. The third kappa shape index (κ3) is 3.64. The molecule has 0 aliphatic rings. The second-order valence-electron chi connectivity index (χ2n) is 4.67. The van der Waals surface area contributed by atoms with Gasteiger partial charge in [0.05, 0.1) is 11.2 Å². The number of likely N-dealkylation sites (N-methyl/N-ethyl adjacent to an activating group) is 1. The van der Waals surface area contributed by atoms with Gasteiger partial charge in [-0.2, -0.15) is 0 Å². The largest absolute Gasteiger partial charge is 0.389 e. The molecule has 0 saturated heterocycles. The standard InChI is InChI=1S/C12H17FN2OS/c1-12(2,16)7-15(3)9-6-4-5-8(13)10(9)11(14)17/h4-6,16H,7H2,1-3H3,(H2,14,17). The van der Waals surface area contributed by atoms with Crippen LogP contribution in [0.3, 0.4) is 0 Å². The van der Waals surface area contributed by atoms with Crippen molar-refractivity contribution in [2.75, 3.05) is 18.5 Å². The van der Waals surface area contributed by atoms with E-state index in [1.807, 2.05) is 0 Å². The van der Waals surface area contributed by atoms with Crippen molar-refractivity contribution in [2.45, 2.75) is 19.4 Å². The fourth-order valence-corrected chi connectivity index (χ4v) is 1.94. The molecule has 0 aromatic heterocycles. The lowest BCUT2D eigenvalue weighted by Gasteiger charge is -2.28. The summed E-state index contributed by atoms with van der Waals surface area (Å²) in [6, 6.07) is 4.63. The Morgan fingerprint density at radius 1 is 1.53 bits per heavy atom. The zero-order valence-electron chi connectivity index (χ0n) is 10.2. The number of nitrogens with zero attached hydrogens (tertiary/aromatic N) is 1. The highest BCUT2D eigenvalue weighted by atomic mass is 32.1. The van der Waals surface area contributed by atoms with Crippen LogP contribution in [0, 0.1) is 5.82 Å². The molecule has 94 valence electrons. The van der Waals surface area contributed by atoms with Crippen molar-refractivity contribution in [2.24, 2.45) is 5.73 Å². The predicted molar refractivity (Wildman–Crippen MR) is 71.9 cm³/mol. The molecular weight excluding hydrogens is 239 g/mol. The fourth-order valence-electron chi connectivity index (χ4n) is 1.74. The van der Waals surface area contributed by atoms with Gasteiger partial charge in [0, 0.05) is 19.3 Å². The Labute approximate surface area is 106 Å². The average molecular weight is 256 g/mol. The lowest BCUT2D eigenvalue weighted by molar-refractivity contribution is 0.0886. The quantitative estimate of drug-likeness (QED) is 0.805. The van der Waals surface area contributed by atoms with Crippen LogP contribution in [0.5, 0.6) is 0 Å². The van der Waals surface area contributed by atoms with Gasteiger partial charge in [-0.15, -0.1) is 0 Å². The zero-order valence-corrected chi connectivity index (χ0v) is 11.0. The SMILES string of the molecule is CN(CC(C)(C)O)c1cccc(F)c1C(N)=S. The van der Waals surface area contributed by atoms with E-state index < -0.39 is 11.4 Å². The number of hydrogen-bond acceptors (Lipinski definition) is 3. The van der Waals surface area contributed by atoms with E-state index in [1.165, 1.54) is 6.07 Å². The first-order chi connectivity index (χ1) is 7.72. The van der Waals surface area contributed by atoms with Gasteiger partial charge < -0.3 is 15.7 Å². The van der Waals surface area contributed by atoms with Crippen molar-refractivity contribution < 1.29 is 9.50 Å². The molecule has 0 radical (unpaired) electrons. The molecule has 0 amide bonds. The second-order valence-corrected chi connectivity index (χ2v) is 5.11. The first kappa shape index (κ1) is 13.9. The lowest BCUT2D eigenvalue weighted by Crippen LogP contribution is -2.37. The Hall–Kier alpha value is -1.20. The van der Waals surface area contributed by atoms with E-state index in [0.29, 0.717) is 12.2 Å². The number of anilines is 1. The minimum atomic E-state index is -0.880. The van der Waals surface area contributed by atoms with Crippen LogP contribution in [0.15, 0.2) is 18.2 Å². The van der Waals surface area contributed by atoms with E-state index >= 15 is 0 Å². The van der Waals surface area contributed by atoms with Crippen LogP contribution < -0.4 is 10.6 Å². The highest BCUT2D eigenvalue weighted by molar-refractivity contribution is 7.80. The molecule has 0 heterocycles. The summed E-state index contributed by atoms with van der Waals surface area (Å²) in [5, 5.41) is 9.75. The van der Waals surface area contributed by atoms with Gasteiger partial charge in [0.2, 0.25) is 0 Å². The summed E-state index contributed by atoms with van der Waals surface area (Å²) in [6.07, 6.45) is 0. The summed E-state index contributed by atoms with van der Waals surface area (Å²) in [7, 11) is 1.76. The van der Waals surface area contributed by atoms with Crippen molar-refractivity contribution in [3.05, 3.63) is 29.6 Å². The molecule has 1 aromatic rings. The van der Waals surface area contributed by atoms with E-state index in [-0.39, 0.29) is 10.6 Å². The van der Waals surface area contributed by atoms with Gasteiger partial charge in [-0.3, -0.25) is 0 Å². The summed E-state index contributed by atoms with van der Waals surface area (Å²) in [4.78, 5) is 1.75. The third-order valence-electron chi connectivity index (χ3n) is 2.27. The normalized spacial score (nSPS) is 11.4. The van der Waals surface area contributed by atoms with Crippen LogP contribution >= 0.6 is 12.2 Å². The van der Waals surface area contributed by atoms with Crippen molar-refractivity contribution in [1.82, 2.24) is 0 Å². The molecule has 0 fully saturated rings. The number of hydrogen-bond donors (Lipinski definition) is 2. The lowest BCUT2D eigenvalue weighted by atomic mass is 10.1. The summed E-state index contributed by atoms with van der Waals surface area (Å²) < 4.78 is 13.6. The van der Waals surface area contributed by atoms with Crippen molar-refractivity contribution in [3.8, 4) is 0 Å². The monoisotopic (exact) mass is 256 g/mol. The molecule has 3 N–H and O–H groups in total. The number of nitrogens with two attached hydrogens (primary N) is 1. The van der Waals surface area contributed by atoms with E-state index in [9.17, 15) is 9.50 Å². The third-order valence-corrected chi connectivity index (χ3v) is 2.48.